The molecule has 6 nitrogen and oxygen atoms in total. The molecule has 0 aromatic heterocycles. The maximum absolute atomic E-state index is 9.47. The lowest BCUT2D eigenvalue weighted by atomic mass is 11.8. The van der Waals surface area contributed by atoms with E-state index < -0.39 is 7.82 Å². The summed E-state index contributed by atoms with van der Waals surface area (Å²) in [5.41, 5.74) is 0. The van der Waals surface area contributed by atoms with Crippen LogP contribution in [0.3, 0.4) is 0 Å². The molecule has 0 aromatic rings. The minimum absolute atomic E-state index is 0. The van der Waals surface area contributed by atoms with Crippen LogP contribution in [0.1, 0.15) is 0 Å². The van der Waals surface area contributed by atoms with Gasteiger partial charge in [-0.2, -0.15) is 0 Å². The van der Waals surface area contributed by atoms with E-state index in [1.165, 1.54) is 0 Å². The third-order valence-electron chi connectivity index (χ3n) is 0.238. The molecule has 0 atom stereocenters. The van der Waals surface area contributed by atoms with Crippen LogP contribution in [0, 0.1) is 0 Å². The van der Waals surface area contributed by atoms with Crippen LogP contribution in [0.15, 0.2) is 0 Å². The van der Waals surface area contributed by atoms with Crippen LogP contribution in [0.5, 0.6) is 0 Å². The third kappa shape index (κ3) is 16.6. The summed E-state index contributed by atoms with van der Waals surface area (Å²) < 4.78 is 13.1. The molecule has 0 bridgehead atoms. The first-order valence-corrected chi connectivity index (χ1v) is 2.70. The molecule has 7 heteroatoms. The Kier molecular flexibility index (Phi) is 10.1. The monoisotopic (exact) mass is 146 g/mol. The van der Waals surface area contributed by atoms with Crippen molar-refractivity contribution in [2.24, 2.45) is 0 Å². The summed E-state index contributed by atoms with van der Waals surface area (Å²) in [5.74, 6) is 0. The Morgan fingerprint density at radius 2 is 1.50 bits per heavy atom. The molecule has 0 heterocycles. The molecule has 8 N–H and O–H groups in total. The van der Waals surface area contributed by atoms with E-state index in [0.717, 1.165) is 7.11 Å². The Bertz CT molecular complexity index is 78.1. The number of rotatable bonds is 1. The molecule has 0 fully saturated rings. The van der Waals surface area contributed by atoms with Gasteiger partial charge in [0.25, 0.3) is 0 Å². The molecular formula is CH11N2O4P. The maximum atomic E-state index is 9.47. The average molecular weight is 146 g/mol. The Labute approximate surface area is 47.3 Å². The van der Waals surface area contributed by atoms with Crippen LogP contribution in [0.2, 0.25) is 0 Å². The maximum Gasteiger partial charge on any atom is 0.469 e. The smallest absolute Gasteiger partial charge is 0.344 e. The lowest BCUT2D eigenvalue weighted by molar-refractivity contribution is 0.235. The topological polar surface area (TPSA) is 137 Å². The van der Waals surface area contributed by atoms with Gasteiger partial charge in [-0.3, -0.25) is 4.52 Å². The van der Waals surface area contributed by atoms with Crippen molar-refractivity contribution in [2.45, 2.75) is 0 Å². The van der Waals surface area contributed by atoms with Gasteiger partial charge in [0.1, 0.15) is 0 Å². The molecule has 0 aliphatic rings. The summed E-state index contributed by atoms with van der Waals surface area (Å²) in [4.78, 5) is 15.4. The zero-order valence-corrected chi connectivity index (χ0v) is 5.47. The van der Waals surface area contributed by atoms with E-state index in [2.05, 4.69) is 4.52 Å². The highest BCUT2D eigenvalue weighted by atomic mass is 31.2. The molecule has 0 saturated carbocycles. The van der Waals surface area contributed by atoms with Crippen LogP contribution >= 0.6 is 7.82 Å². The molecule has 0 amide bonds. The standard InChI is InChI=1S/CH5O4P.2H3N/c1-5-6(2,3)4;;/h1H3,(H2,2,3,4);2*1H3. The lowest BCUT2D eigenvalue weighted by Gasteiger charge is -1.93. The van der Waals surface area contributed by atoms with Crippen LogP contribution in [0.4, 0.5) is 0 Å². The highest BCUT2D eigenvalue weighted by Crippen LogP contribution is 2.33. The van der Waals surface area contributed by atoms with E-state index >= 15 is 0 Å². The minimum Gasteiger partial charge on any atom is -0.344 e. The van der Waals surface area contributed by atoms with Crippen molar-refractivity contribution in [1.29, 1.82) is 0 Å². The van der Waals surface area contributed by atoms with Gasteiger partial charge in [0.2, 0.25) is 0 Å². The first kappa shape index (κ1) is 15.7. The van der Waals surface area contributed by atoms with E-state index in [9.17, 15) is 4.57 Å². The van der Waals surface area contributed by atoms with Crippen molar-refractivity contribution < 1.29 is 18.9 Å². The highest BCUT2D eigenvalue weighted by Gasteiger charge is 2.07. The van der Waals surface area contributed by atoms with Gasteiger partial charge >= 0.3 is 7.82 Å². The molecule has 0 aliphatic carbocycles. The van der Waals surface area contributed by atoms with E-state index in [1.807, 2.05) is 0 Å². The second-order valence-corrected chi connectivity index (χ2v) is 2.02. The molecule has 0 unspecified atom stereocenters. The fourth-order valence-electron chi connectivity index (χ4n) is 0. The quantitative estimate of drug-likeness (QED) is 0.385. The summed E-state index contributed by atoms with van der Waals surface area (Å²) in [6, 6.07) is 0. The molecule has 0 spiro atoms. The molecule has 0 radical (unpaired) electrons. The zero-order valence-electron chi connectivity index (χ0n) is 4.57. The van der Waals surface area contributed by atoms with Gasteiger partial charge < -0.3 is 22.1 Å². The highest BCUT2D eigenvalue weighted by molar-refractivity contribution is 7.46. The summed E-state index contributed by atoms with van der Waals surface area (Å²) in [5, 5.41) is 0. The van der Waals surface area contributed by atoms with Gasteiger partial charge in [0, 0.05) is 7.11 Å². The van der Waals surface area contributed by atoms with E-state index in [1.54, 1.807) is 0 Å². The predicted octanol–water partition coefficient (Wildman–Crippen LogP) is 0.0495. The van der Waals surface area contributed by atoms with Crippen molar-refractivity contribution in [3.05, 3.63) is 0 Å². The Morgan fingerprint density at radius 3 is 1.50 bits per heavy atom. The first-order valence-electron chi connectivity index (χ1n) is 1.17. The van der Waals surface area contributed by atoms with Crippen LogP contribution < -0.4 is 12.3 Å². The van der Waals surface area contributed by atoms with Gasteiger partial charge in [0.15, 0.2) is 0 Å². The van der Waals surface area contributed by atoms with Gasteiger partial charge in [0.05, 0.1) is 0 Å². The van der Waals surface area contributed by atoms with Crippen molar-refractivity contribution in [3.8, 4) is 0 Å². The molecule has 8 heavy (non-hydrogen) atoms. The Balaban J connectivity index is -0.000000125. The average Bonchev–Trinajstić information content (AvgIpc) is 1.35. The first-order chi connectivity index (χ1) is 2.56. The minimum atomic E-state index is -4.15. The van der Waals surface area contributed by atoms with Gasteiger partial charge in [-0.05, 0) is 0 Å². The van der Waals surface area contributed by atoms with Crippen molar-refractivity contribution in [3.63, 3.8) is 0 Å². The number of hydrogen-bond donors (Lipinski definition) is 4. The van der Waals surface area contributed by atoms with Gasteiger partial charge in [-0.1, -0.05) is 0 Å². The van der Waals surface area contributed by atoms with Crippen LogP contribution in [-0.2, 0) is 9.09 Å². The number of hydrogen-bond acceptors (Lipinski definition) is 4. The Morgan fingerprint density at radius 1 is 1.38 bits per heavy atom. The summed E-state index contributed by atoms with van der Waals surface area (Å²) in [7, 11) is -3.20. The molecule has 0 saturated heterocycles. The van der Waals surface area contributed by atoms with E-state index in [0.29, 0.717) is 0 Å². The van der Waals surface area contributed by atoms with Gasteiger partial charge in [-0.25, -0.2) is 4.57 Å². The molecular weight excluding hydrogens is 135 g/mol. The fourth-order valence-corrected chi connectivity index (χ4v) is 0. The lowest BCUT2D eigenvalue weighted by Crippen LogP contribution is -1.76. The van der Waals surface area contributed by atoms with Crippen molar-refractivity contribution in [1.82, 2.24) is 12.3 Å². The fraction of sp³-hybridized carbons (Fsp3) is 1.00. The van der Waals surface area contributed by atoms with E-state index in [-0.39, 0.29) is 12.3 Å². The van der Waals surface area contributed by atoms with Crippen LogP contribution in [-0.4, -0.2) is 16.9 Å². The molecule has 0 aliphatic heterocycles. The SMILES string of the molecule is COP(=O)(O)O.N.N. The van der Waals surface area contributed by atoms with Gasteiger partial charge in [-0.15, -0.1) is 0 Å². The number of phosphoric ester groups is 1. The van der Waals surface area contributed by atoms with E-state index in [4.69, 9.17) is 9.79 Å². The molecule has 0 rings (SSSR count). The zero-order chi connectivity index (χ0) is 5.21. The van der Waals surface area contributed by atoms with Crippen molar-refractivity contribution in [2.75, 3.05) is 7.11 Å². The summed E-state index contributed by atoms with van der Waals surface area (Å²) >= 11 is 0. The predicted molar refractivity (Wildman–Crippen MR) is 29.1 cm³/mol. The second kappa shape index (κ2) is 5.17. The summed E-state index contributed by atoms with van der Waals surface area (Å²) in [6.45, 7) is 0. The third-order valence-corrected chi connectivity index (χ3v) is 0.714. The summed E-state index contributed by atoms with van der Waals surface area (Å²) in [6.07, 6.45) is 0. The van der Waals surface area contributed by atoms with Crippen LogP contribution in [0.25, 0.3) is 0 Å². The Hall–Kier alpha value is 0.0300. The molecule has 0 aromatic carbocycles. The van der Waals surface area contributed by atoms with Crippen molar-refractivity contribution >= 4 is 7.82 Å². The second-order valence-electron chi connectivity index (χ2n) is 0.673. The normalized spacial score (nSPS) is 8.88. The largest absolute Gasteiger partial charge is 0.469 e. The molecule has 54 valence electrons. The number of phosphoric acid groups is 1.